The van der Waals surface area contributed by atoms with Gasteiger partial charge in [-0.15, -0.1) is 0 Å². The van der Waals surface area contributed by atoms with Crippen LogP contribution in [0, 0.1) is 0 Å². The molecule has 0 spiro atoms. The van der Waals surface area contributed by atoms with Gasteiger partial charge < -0.3 is 14.2 Å². The first kappa shape index (κ1) is 15.6. The van der Waals surface area contributed by atoms with E-state index in [0.29, 0.717) is 0 Å². The molecule has 0 heterocycles. The fourth-order valence-corrected chi connectivity index (χ4v) is 2.43. The van der Waals surface area contributed by atoms with Gasteiger partial charge in [-0.05, 0) is 13.0 Å². The maximum absolute atomic E-state index is 11.7. The number of carbonyl (C=O) groups excluding carboxylic acids is 1. The van der Waals surface area contributed by atoms with Crippen molar-refractivity contribution in [1.29, 1.82) is 0 Å². The molecule has 1 aromatic carbocycles. The second-order valence-electron chi connectivity index (χ2n) is 3.36. The molecule has 0 unspecified atom stereocenters. The van der Waals surface area contributed by atoms with E-state index < -0.39 is 15.0 Å². The highest BCUT2D eigenvalue weighted by molar-refractivity contribution is 8.13. The summed E-state index contributed by atoms with van der Waals surface area (Å²) >= 11 is 0. The lowest BCUT2D eigenvalue weighted by Crippen LogP contribution is -2.09. The molecule has 0 aliphatic heterocycles. The number of ether oxygens (including phenoxy) is 3. The predicted octanol–water partition coefficient (Wildman–Crippen LogP) is 1.81. The van der Waals surface area contributed by atoms with Crippen molar-refractivity contribution < 1.29 is 27.4 Å². The van der Waals surface area contributed by atoms with Crippen molar-refractivity contribution in [1.82, 2.24) is 0 Å². The van der Waals surface area contributed by atoms with Gasteiger partial charge in [-0.25, -0.2) is 13.2 Å². The quantitative estimate of drug-likeness (QED) is 0.609. The zero-order valence-electron chi connectivity index (χ0n) is 10.6. The molecule has 8 heteroatoms. The van der Waals surface area contributed by atoms with E-state index in [9.17, 15) is 13.2 Å². The summed E-state index contributed by atoms with van der Waals surface area (Å²) in [5, 5.41) is 0. The Morgan fingerprint density at radius 2 is 1.79 bits per heavy atom. The number of hydrogen-bond acceptors (Lipinski definition) is 6. The second-order valence-corrected chi connectivity index (χ2v) is 5.90. The maximum Gasteiger partial charge on any atom is 0.341 e. The van der Waals surface area contributed by atoms with E-state index >= 15 is 0 Å². The Labute approximate surface area is 115 Å². The zero-order valence-corrected chi connectivity index (χ0v) is 12.2. The normalized spacial score (nSPS) is 10.9. The Kier molecular flexibility index (Phi) is 5.02. The molecular formula is C11H13ClO6S. The molecule has 0 aliphatic rings. The van der Waals surface area contributed by atoms with Gasteiger partial charge in [0.2, 0.25) is 0 Å². The van der Waals surface area contributed by atoms with Crippen LogP contribution in [0.3, 0.4) is 0 Å². The van der Waals surface area contributed by atoms with Crippen molar-refractivity contribution in [3.63, 3.8) is 0 Å². The average molecular weight is 309 g/mol. The average Bonchev–Trinajstić information content (AvgIpc) is 2.36. The standard InChI is InChI=1S/C11H13ClO6S/c1-4-18-11(13)7-5-10(19(12,14)15)9(17-3)6-8(7)16-2/h5-6H,4H2,1-3H3. The number of carbonyl (C=O) groups is 1. The van der Waals surface area contributed by atoms with Crippen LogP contribution in [0.1, 0.15) is 17.3 Å². The summed E-state index contributed by atoms with van der Waals surface area (Å²) in [5.41, 5.74) is -0.0376. The van der Waals surface area contributed by atoms with E-state index in [1.807, 2.05) is 0 Å². The smallest absolute Gasteiger partial charge is 0.341 e. The van der Waals surface area contributed by atoms with Crippen LogP contribution in [-0.2, 0) is 13.8 Å². The molecule has 0 fully saturated rings. The number of halogens is 1. The van der Waals surface area contributed by atoms with Crippen molar-refractivity contribution >= 4 is 25.7 Å². The molecule has 1 rings (SSSR count). The van der Waals surface area contributed by atoms with Crippen LogP contribution in [0.25, 0.3) is 0 Å². The van der Waals surface area contributed by atoms with Crippen LogP contribution >= 0.6 is 10.7 Å². The molecular weight excluding hydrogens is 296 g/mol. The third-order valence-electron chi connectivity index (χ3n) is 2.24. The summed E-state index contributed by atoms with van der Waals surface area (Å²) in [4.78, 5) is 11.4. The third-order valence-corrected chi connectivity index (χ3v) is 3.59. The molecule has 0 saturated heterocycles. The van der Waals surface area contributed by atoms with E-state index in [1.165, 1.54) is 20.3 Å². The van der Waals surface area contributed by atoms with Gasteiger partial charge in [-0.3, -0.25) is 0 Å². The first-order chi connectivity index (χ1) is 8.85. The predicted molar refractivity (Wildman–Crippen MR) is 68.5 cm³/mol. The SMILES string of the molecule is CCOC(=O)c1cc(S(=O)(=O)Cl)c(OC)cc1OC. The van der Waals surface area contributed by atoms with Crippen LogP contribution in [0.4, 0.5) is 0 Å². The lowest BCUT2D eigenvalue weighted by molar-refractivity contribution is 0.0522. The molecule has 0 saturated carbocycles. The largest absolute Gasteiger partial charge is 0.496 e. The minimum absolute atomic E-state index is 0.0140. The summed E-state index contributed by atoms with van der Waals surface area (Å²) < 4.78 is 37.6. The second kappa shape index (κ2) is 6.12. The highest BCUT2D eigenvalue weighted by Crippen LogP contribution is 2.34. The van der Waals surface area contributed by atoms with Gasteiger partial charge in [0.15, 0.2) is 0 Å². The number of rotatable bonds is 5. The first-order valence-corrected chi connectivity index (χ1v) is 7.53. The summed E-state index contributed by atoms with van der Waals surface area (Å²) in [6, 6.07) is 2.33. The van der Waals surface area contributed by atoms with Crippen LogP contribution in [0.2, 0.25) is 0 Å². The number of esters is 1. The molecule has 0 bridgehead atoms. The van der Waals surface area contributed by atoms with Gasteiger partial charge in [-0.1, -0.05) is 0 Å². The molecule has 0 atom stereocenters. The van der Waals surface area contributed by atoms with Gasteiger partial charge in [0.1, 0.15) is 22.0 Å². The van der Waals surface area contributed by atoms with E-state index in [1.54, 1.807) is 6.92 Å². The Morgan fingerprint density at radius 1 is 1.21 bits per heavy atom. The van der Waals surface area contributed by atoms with E-state index in [0.717, 1.165) is 6.07 Å². The summed E-state index contributed by atoms with van der Waals surface area (Å²) in [6.45, 7) is 1.78. The Balaban J connectivity index is 3.51. The third kappa shape index (κ3) is 3.51. The fourth-order valence-electron chi connectivity index (χ4n) is 1.43. The van der Waals surface area contributed by atoms with Gasteiger partial charge >= 0.3 is 5.97 Å². The van der Waals surface area contributed by atoms with E-state index in [2.05, 4.69) is 0 Å². The Hall–Kier alpha value is -1.47. The monoisotopic (exact) mass is 308 g/mol. The molecule has 0 radical (unpaired) electrons. The molecule has 0 N–H and O–H groups in total. The highest BCUT2D eigenvalue weighted by atomic mass is 35.7. The molecule has 0 amide bonds. The van der Waals surface area contributed by atoms with Crippen LogP contribution in [0.15, 0.2) is 17.0 Å². The summed E-state index contributed by atoms with van der Waals surface area (Å²) in [5.74, 6) is -0.581. The molecule has 106 valence electrons. The number of hydrogen-bond donors (Lipinski definition) is 0. The zero-order chi connectivity index (χ0) is 14.6. The van der Waals surface area contributed by atoms with E-state index in [-0.39, 0.29) is 28.6 Å². The van der Waals surface area contributed by atoms with Crippen molar-refractivity contribution in [2.75, 3.05) is 20.8 Å². The van der Waals surface area contributed by atoms with Gasteiger partial charge in [0, 0.05) is 16.7 Å². The minimum Gasteiger partial charge on any atom is -0.496 e. The van der Waals surface area contributed by atoms with Crippen LogP contribution in [0.5, 0.6) is 11.5 Å². The molecule has 0 aliphatic carbocycles. The van der Waals surface area contributed by atoms with Crippen molar-refractivity contribution in [3.8, 4) is 11.5 Å². The van der Waals surface area contributed by atoms with Crippen molar-refractivity contribution in [3.05, 3.63) is 17.7 Å². The van der Waals surface area contributed by atoms with Crippen LogP contribution in [-0.4, -0.2) is 35.2 Å². The number of methoxy groups -OCH3 is 2. The topological polar surface area (TPSA) is 78.9 Å². The summed E-state index contributed by atoms with van der Waals surface area (Å²) in [6.07, 6.45) is 0. The van der Waals surface area contributed by atoms with Crippen molar-refractivity contribution in [2.24, 2.45) is 0 Å². The lowest BCUT2D eigenvalue weighted by Gasteiger charge is -2.12. The van der Waals surface area contributed by atoms with Gasteiger partial charge in [0.25, 0.3) is 9.05 Å². The van der Waals surface area contributed by atoms with Crippen LogP contribution < -0.4 is 9.47 Å². The lowest BCUT2D eigenvalue weighted by atomic mass is 10.2. The van der Waals surface area contributed by atoms with Gasteiger partial charge in [-0.2, -0.15) is 0 Å². The Morgan fingerprint density at radius 3 is 2.21 bits per heavy atom. The molecule has 19 heavy (non-hydrogen) atoms. The molecule has 1 aromatic rings. The Bertz CT molecular complexity index is 581. The number of benzene rings is 1. The minimum atomic E-state index is -4.06. The fraction of sp³-hybridized carbons (Fsp3) is 0.364. The summed E-state index contributed by atoms with van der Waals surface area (Å²) in [7, 11) is 3.86. The van der Waals surface area contributed by atoms with Gasteiger partial charge in [0.05, 0.1) is 20.8 Å². The van der Waals surface area contributed by atoms with Crippen molar-refractivity contribution in [2.45, 2.75) is 11.8 Å². The highest BCUT2D eigenvalue weighted by Gasteiger charge is 2.24. The van der Waals surface area contributed by atoms with E-state index in [4.69, 9.17) is 24.9 Å². The first-order valence-electron chi connectivity index (χ1n) is 5.23. The maximum atomic E-state index is 11.7. The molecule has 0 aromatic heterocycles. The molecule has 6 nitrogen and oxygen atoms in total.